The van der Waals surface area contributed by atoms with Gasteiger partial charge in [-0.15, -0.1) is 13.2 Å². The van der Waals surface area contributed by atoms with Crippen molar-refractivity contribution in [2.75, 3.05) is 0 Å². The van der Waals surface area contributed by atoms with E-state index in [1.165, 1.54) is 24.3 Å². The summed E-state index contributed by atoms with van der Waals surface area (Å²) in [7, 11) is 0. The van der Waals surface area contributed by atoms with Gasteiger partial charge in [0.1, 0.15) is 11.7 Å². The molecule has 0 saturated heterocycles. The average molecular weight is 259 g/mol. The Labute approximate surface area is 100 Å². The Balaban J connectivity index is 2.96. The van der Waals surface area contributed by atoms with Crippen molar-refractivity contribution >= 4 is 5.97 Å². The van der Waals surface area contributed by atoms with Crippen molar-refractivity contribution in [1.29, 1.82) is 5.26 Å². The molecule has 0 saturated carbocycles. The number of nitrogens with zero attached hydrogens (tertiary/aromatic N) is 1. The van der Waals surface area contributed by atoms with E-state index in [4.69, 9.17) is 10.4 Å². The summed E-state index contributed by atoms with van der Waals surface area (Å²) < 4.78 is 40.0. The Kier molecular flexibility index (Phi) is 4.15. The van der Waals surface area contributed by atoms with Gasteiger partial charge in [0.2, 0.25) is 0 Å². The summed E-state index contributed by atoms with van der Waals surface area (Å²) in [4.78, 5) is 10.6. The molecule has 18 heavy (non-hydrogen) atoms. The van der Waals surface area contributed by atoms with E-state index >= 15 is 0 Å². The van der Waals surface area contributed by atoms with E-state index in [1.54, 1.807) is 0 Å². The molecule has 0 amide bonds. The van der Waals surface area contributed by atoms with Gasteiger partial charge in [-0.1, -0.05) is 18.2 Å². The third-order valence-corrected chi connectivity index (χ3v) is 2.08. The zero-order chi connectivity index (χ0) is 13.8. The van der Waals surface area contributed by atoms with Crippen LogP contribution in [0.4, 0.5) is 13.2 Å². The van der Waals surface area contributed by atoms with Gasteiger partial charge in [-0.3, -0.25) is 4.79 Å². The van der Waals surface area contributed by atoms with Gasteiger partial charge in [-0.25, -0.2) is 0 Å². The van der Waals surface area contributed by atoms with Crippen LogP contribution in [0.2, 0.25) is 0 Å². The Bertz CT molecular complexity index is 479. The molecule has 4 nitrogen and oxygen atoms in total. The lowest BCUT2D eigenvalue weighted by atomic mass is 10.0. The average Bonchev–Trinajstić information content (AvgIpc) is 2.25. The number of aliphatic carboxylic acids is 1. The van der Waals surface area contributed by atoms with Crippen molar-refractivity contribution in [3.05, 3.63) is 29.8 Å². The molecule has 1 N–H and O–H groups in total. The third kappa shape index (κ3) is 3.97. The molecule has 1 atom stereocenters. The molecule has 0 aliphatic carbocycles. The Morgan fingerprint density at radius 3 is 2.56 bits per heavy atom. The molecule has 0 radical (unpaired) electrons. The molecule has 1 aromatic rings. The first-order valence-electron chi connectivity index (χ1n) is 4.79. The predicted molar refractivity (Wildman–Crippen MR) is 53.6 cm³/mol. The molecule has 1 unspecified atom stereocenters. The lowest BCUT2D eigenvalue weighted by molar-refractivity contribution is -0.274. The van der Waals surface area contributed by atoms with Gasteiger partial charge in [0.25, 0.3) is 0 Å². The number of ether oxygens (including phenoxy) is 1. The van der Waals surface area contributed by atoms with E-state index in [1.807, 2.05) is 0 Å². The van der Waals surface area contributed by atoms with E-state index in [-0.39, 0.29) is 12.0 Å². The molecule has 7 heteroatoms. The fourth-order valence-corrected chi connectivity index (χ4v) is 1.30. The number of benzene rings is 1. The van der Waals surface area contributed by atoms with Crippen molar-refractivity contribution in [2.24, 2.45) is 5.92 Å². The van der Waals surface area contributed by atoms with Crippen molar-refractivity contribution in [2.45, 2.75) is 12.8 Å². The summed E-state index contributed by atoms with van der Waals surface area (Å²) in [6.45, 7) is 0. The van der Waals surface area contributed by atoms with Crippen molar-refractivity contribution < 1.29 is 27.8 Å². The number of rotatable bonds is 4. The maximum atomic E-state index is 12.1. The van der Waals surface area contributed by atoms with Crippen LogP contribution >= 0.6 is 0 Å². The summed E-state index contributed by atoms with van der Waals surface area (Å²) in [6, 6.07) is 6.62. The SMILES string of the molecule is N#CC(Cc1ccccc1OC(F)(F)F)C(=O)O. The highest BCUT2D eigenvalue weighted by Crippen LogP contribution is 2.27. The minimum absolute atomic E-state index is 0.0174. The number of nitriles is 1. The molecule has 0 bridgehead atoms. The zero-order valence-electron chi connectivity index (χ0n) is 8.94. The van der Waals surface area contributed by atoms with Crippen LogP contribution in [0.25, 0.3) is 0 Å². The monoisotopic (exact) mass is 259 g/mol. The van der Waals surface area contributed by atoms with Crippen molar-refractivity contribution in [3.8, 4) is 11.8 Å². The highest BCUT2D eigenvalue weighted by Gasteiger charge is 2.32. The van der Waals surface area contributed by atoms with Crippen LogP contribution in [0, 0.1) is 17.2 Å². The normalized spacial score (nSPS) is 12.6. The first-order valence-corrected chi connectivity index (χ1v) is 4.79. The van der Waals surface area contributed by atoms with E-state index < -0.39 is 24.0 Å². The summed E-state index contributed by atoms with van der Waals surface area (Å²) in [5.74, 6) is -3.30. The maximum absolute atomic E-state index is 12.1. The molecule has 0 aromatic heterocycles. The van der Waals surface area contributed by atoms with E-state index in [0.717, 1.165) is 6.07 Å². The van der Waals surface area contributed by atoms with Crippen molar-refractivity contribution in [1.82, 2.24) is 0 Å². The lowest BCUT2D eigenvalue weighted by Gasteiger charge is -2.13. The molecule has 1 rings (SSSR count). The number of carboxylic acid groups (broad SMARTS) is 1. The highest BCUT2D eigenvalue weighted by molar-refractivity contribution is 5.73. The number of halogens is 3. The van der Waals surface area contributed by atoms with Crippen LogP contribution in [-0.4, -0.2) is 17.4 Å². The number of hydrogen-bond donors (Lipinski definition) is 1. The molecular weight excluding hydrogens is 251 g/mol. The number of carboxylic acids is 1. The quantitative estimate of drug-likeness (QED) is 0.900. The number of carbonyl (C=O) groups is 1. The van der Waals surface area contributed by atoms with Gasteiger partial charge < -0.3 is 9.84 Å². The van der Waals surface area contributed by atoms with Gasteiger partial charge in [-0.05, 0) is 11.6 Å². The second-order valence-electron chi connectivity index (χ2n) is 3.38. The molecule has 0 aliphatic rings. The van der Waals surface area contributed by atoms with Crippen LogP contribution in [0.5, 0.6) is 5.75 Å². The largest absolute Gasteiger partial charge is 0.573 e. The molecule has 0 fully saturated rings. The minimum Gasteiger partial charge on any atom is -0.480 e. The van der Waals surface area contributed by atoms with Gasteiger partial charge >= 0.3 is 12.3 Å². The van der Waals surface area contributed by atoms with Gasteiger partial charge in [-0.2, -0.15) is 5.26 Å². The van der Waals surface area contributed by atoms with Gasteiger partial charge in [0.05, 0.1) is 6.07 Å². The topological polar surface area (TPSA) is 70.3 Å². The Morgan fingerprint density at radius 1 is 1.44 bits per heavy atom. The first kappa shape index (κ1) is 13.8. The number of alkyl halides is 3. The Morgan fingerprint density at radius 2 is 2.06 bits per heavy atom. The molecule has 0 heterocycles. The fourth-order valence-electron chi connectivity index (χ4n) is 1.30. The smallest absolute Gasteiger partial charge is 0.480 e. The molecule has 0 spiro atoms. The standard InChI is InChI=1S/C11H8F3NO3/c12-11(13,14)18-9-4-2-1-3-7(9)5-8(6-15)10(16)17/h1-4,8H,5H2,(H,16,17). The van der Waals surface area contributed by atoms with Crippen LogP contribution in [0.3, 0.4) is 0 Å². The summed E-state index contributed by atoms with van der Waals surface area (Å²) >= 11 is 0. The van der Waals surface area contributed by atoms with Crippen LogP contribution in [0.15, 0.2) is 24.3 Å². The van der Waals surface area contributed by atoms with E-state index in [9.17, 15) is 18.0 Å². The second kappa shape index (κ2) is 5.40. The first-order chi connectivity index (χ1) is 8.33. The van der Waals surface area contributed by atoms with Crippen LogP contribution < -0.4 is 4.74 Å². The predicted octanol–water partition coefficient (Wildman–Crippen LogP) is 2.35. The Hall–Kier alpha value is -2.23. The minimum atomic E-state index is -4.86. The van der Waals surface area contributed by atoms with Crippen LogP contribution in [0.1, 0.15) is 5.56 Å². The second-order valence-corrected chi connectivity index (χ2v) is 3.38. The number of para-hydroxylation sites is 1. The summed E-state index contributed by atoms with van der Waals surface area (Å²) in [6.07, 6.45) is -5.21. The fraction of sp³-hybridized carbons (Fsp3) is 0.273. The molecule has 96 valence electrons. The molecular formula is C11H8F3NO3. The molecule has 0 aliphatic heterocycles. The molecule has 1 aromatic carbocycles. The van der Waals surface area contributed by atoms with Gasteiger partial charge in [0.15, 0.2) is 0 Å². The summed E-state index contributed by atoms with van der Waals surface area (Å²) in [5, 5.41) is 17.3. The summed E-state index contributed by atoms with van der Waals surface area (Å²) in [5.41, 5.74) is 0.0174. The maximum Gasteiger partial charge on any atom is 0.573 e. The van der Waals surface area contributed by atoms with Gasteiger partial charge in [0, 0.05) is 6.42 Å². The van der Waals surface area contributed by atoms with E-state index in [2.05, 4.69) is 4.74 Å². The van der Waals surface area contributed by atoms with Crippen molar-refractivity contribution in [3.63, 3.8) is 0 Å². The third-order valence-electron chi connectivity index (χ3n) is 2.08. The van der Waals surface area contributed by atoms with Crippen LogP contribution in [-0.2, 0) is 11.2 Å². The highest BCUT2D eigenvalue weighted by atomic mass is 19.4. The lowest BCUT2D eigenvalue weighted by Crippen LogP contribution is -2.20. The van der Waals surface area contributed by atoms with E-state index in [0.29, 0.717) is 0 Å². The zero-order valence-corrected chi connectivity index (χ0v) is 8.94. The number of hydrogen-bond acceptors (Lipinski definition) is 3.